The first-order chi connectivity index (χ1) is 11.3. The molecule has 130 valence electrons. The van der Waals surface area contributed by atoms with Crippen molar-refractivity contribution >= 4 is 0 Å². The smallest absolute Gasteiger partial charge is 0.0701 e. The lowest BCUT2D eigenvalue weighted by Crippen LogP contribution is -2.31. The first-order valence-electron chi connectivity index (χ1n) is 8.43. The largest absolute Gasteiger partial charge is 0.378 e. The topological polar surface area (TPSA) is 40.2 Å². The van der Waals surface area contributed by atoms with Crippen LogP contribution in [0.2, 0.25) is 0 Å². The van der Waals surface area contributed by atoms with Crippen LogP contribution >= 0.6 is 0 Å². The molecule has 0 bridgehead atoms. The normalized spacial score (nSPS) is 20.6. The average Bonchev–Trinajstić information content (AvgIpc) is 2.57. The summed E-state index contributed by atoms with van der Waals surface area (Å²) in [4.78, 5) is 2.37. The van der Waals surface area contributed by atoms with Gasteiger partial charge in [0, 0.05) is 19.6 Å². The molecule has 0 aliphatic carbocycles. The van der Waals surface area contributed by atoms with Crippen molar-refractivity contribution in [3.8, 4) is 0 Å². The quantitative estimate of drug-likeness (QED) is 0.831. The van der Waals surface area contributed by atoms with Crippen LogP contribution in [0.25, 0.3) is 0 Å². The Balaban J connectivity index is 1.80. The highest BCUT2D eigenvalue weighted by molar-refractivity contribution is 5.21. The predicted molar refractivity (Wildman–Crippen MR) is 89.7 cm³/mol. The highest BCUT2D eigenvalue weighted by atomic mass is 16.6. The molecule has 5 nitrogen and oxygen atoms in total. The molecule has 1 aliphatic rings. The van der Waals surface area contributed by atoms with Crippen LogP contribution in [0, 0.1) is 6.92 Å². The van der Waals surface area contributed by atoms with Gasteiger partial charge in [0.05, 0.1) is 52.9 Å². The maximum Gasteiger partial charge on any atom is 0.0701 e. The molecule has 1 saturated heterocycles. The van der Waals surface area contributed by atoms with E-state index in [0.717, 1.165) is 19.6 Å². The van der Waals surface area contributed by atoms with Crippen molar-refractivity contribution in [1.29, 1.82) is 0 Å². The Hall–Kier alpha value is -0.980. The molecule has 0 N–H and O–H groups in total. The van der Waals surface area contributed by atoms with Gasteiger partial charge in [-0.05, 0) is 12.5 Å². The number of benzene rings is 1. The van der Waals surface area contributed by atoms with Gasteiger partial charge in [-0.3, -0.25) is 4.90 Å². The van der Waals surface area contributed by atoms with E-state index in [9.17, 15) is 0 Å². The highest BCUT2D eigenvalue weighted by Gasteiger charge is 2.07. The molecule has 0 spiro atoms. The van der Waals surface area contributed by atoms with Crippen molar-refractivity contribution in [3.05, 3.63) is 35.4 Å². The lowest BCUT2D eigenvalue weighted by molar-refractivity contribution is 0.00206. The van der Waals surface area contributed by atoms with Gasteiger partial charge in [0.2, 0.25) is 0 Å². The summed E-state index contributed by atoms with van der Waals surface area (Å²) in [7, 11) is 0. The Labute approximate surface area is 139 Å². The first kappa shape index (κ1) is 18.4. The summed E-state index contributed by atoms with van der Waals surface area (Å²) in [6.45, 7) is 9.99. The molecule has 1 fully saturated rings. The summed E-state index contributed by atoms with van der Waals surface area (Å²) in [6.07, 6.45) is 0. The van der Waals surface area contributed by atoms with Gasteiger partial charge in [-0.25, -0.2) is 0 Å². The highest BCUT2D eigenvalue weighted by Crippen LogP contribution is 2.07. The van der Waals surface area contributed by atoms with Crippen LogP contribution in [0.5, 0.6) is 0 Å². The molecule has 1 aliphatic heterocycles. The van der Waals surface area contributed by atoms with Gasteiger partial charge in [-0.2, -0.15) is 0 Å². The number of hydrogen-bond acceptors (Lipinski definition) is 5. The second-order valence-electron chi connectivity index (χ2n) is 5.71. The van der Waals surface area contributed by atoms with E-state index in [1.807, 2.05) is 0 Å². The molecule has 0 atom stereocenters. The minimum atomic E-state index is 0.614. The van der Waals surface area contributed by atoms with Crippen molar-refractivity contribution < 1.29 is 18.9 Å². The monoisotopic (exact) mass is 323 g/mol. The molecule has 1 aromatic carbocycles. The number of hydrogen-bond donors (Lipinski definition) is 0. The maximum atomic E-state index is 5.65. The molecule has 23 heavy (non-hydrogen) atoms. The van der Waals surface area contributed by atoms with E-state index >= 15 is 0 Å². The fraction of sp³-hybridized carbons (Fsp3) is 0.667. The van der Waals surface area contributed by atoms with E-state index < -0.39 is 0 Å². The van der Waals surface area contributed by atoms with Gasteiger partial charge in [-0.15, -0.1) is 0 Å². The zero-order chi connectivity index (χ0) is 16.2. The lowest BCUT2D eigenvalue weighted by Gasteiger charge is -2.22. The Morgan fingerprint density at radius 1 is 0.696 bits per heavy atom. The van der Waals surface area contributed by atoms with Crippen LogP contribution in [0.3, 0.4) is 0 Å². The third-order valence-corrected chi connectivity index (χ3v) is 3.75. The molecule has 0 aromatic heterocycles. The van der Waals surface area contributed by atoms with E-state index in [4.69, 9.17) is 18.9 Å². The van der Waals surface area contributed by atoms with Gasteiger partial charge >= 0.3 is 0 Å². The third kappa shape index (κ3) is 8.44. The van der Waals surface area contributed by atoms with Crippen LogP contribution in [0.4, 0.5) is 0 Å². The maximum absolute atomic E-state index is 5.65. The van der Waals surface area contributed by atoms with Crippen LogP contribution in [0.15, 0.2) is 24.3 Å². The van der Waals surface area contributed by atoms with Crippen LogP contribution in [-0.2, 0) is 25.5 Å². The molecule has 0 saturated carbocycles. The van der Waals surface area contributed by atoms with E-state index in [2.05, 4.69) is 36.1 Å². The van der Waals surface area contributed by atoms with Gasteiger partial charge in [-0.1, -0.05) is 29.8 Å². The van der Waals surface area contributed by atoms with Crippen molar-refractivity contribution in [2.75, 3.05) is 65.9 Å². The zero-order valence-corrected chi connectivity index (χ0v) is 14.2. The standard InChI is InChI=1S/C18H29NO4/c1-17-2-4-18(5-3-17)16-19-6-8-20-10-12-22-14-15-23-13-11-21-9-7-19/h2-5H,6-16H2,1H3. The second-order valence-corrected chi connectivity index (χ2v) is 5.71. The molecular weight excluding hydrogens is 294 g/mol. The number of ether oxygens (including phenoxy) is 4. The van der Waals surface area contributed by atoms with E-state index in [0.29, 0.717) is 52.9 Å². The molecule has 0 radical (unpaired) electrons. The number of rotatable bonds is 2. The summed E-state index contributed by atoms with van der Waals surface area (Å²) in [5, 5.41) is 0. The summed E-state index contributed by atoms with van der Waals surface area (Å²) in [6, 6.07) is 8.69. The van der Waals surface area contributed by atoms with E-state index in [-0.39, 0.29) is 0 Å². The van der Waals surface area contributed by atoms with Crippen LogP contribution < -0.4 is 0 Å². The van der Waals surface area contributed by atoms with Crippen molar-refractivity contribution in [1.82, 2.24) is 4.90 Å². The molecular formula is C18H29NO4. The Kier molecular flexibility index (Phi) is 9.21. The lowest BCUT2D eigenvalue weighted by atomic mass is 10.1. The number of nitrogens with zero attached hydrogens (tertiary/aromatic N) is 1. The van der Waals surface area contributed by atoms with Crippen molar-refractivity contribution in [2.24, 2.45) is 0 Å². The summed E-state index contributed by atoms with van der Waals surface area (Å²) in [5.41, 5.74) is 2.61. The minimum absolute atomic E-state index is 0.614. The van der Waals surface area contributed by atoms with E-state index in [1.54, 1.807) is 0 Å². The molecule has 0 amide bonds. The zero-order valence-electron chi connectivity index (χ0n) is 14.2. The summed E-state index contributed by atoms with van der Waals surface area (Å²) in [5.74, 6) is 0. The second kappa shape index (κ2) is 11.5. The van der Waals surface area contributed by atoms with Gasteiger partial charge < -0.3 is 18.9 Å². The van der Waals surface area contributed by atoms with Crippen LogP contribution in [0.1, 0.15) is 11.1 Å². The Morgan fingerprint density at radius 2 is 1.13 bits per heavy atom. The SMILES string of the molecule is Cc1ccc(CN2CCOCCOCCOCCOCC2)cc1. The van der Waals surface area contributed by atoms with Gasteiger partial charge in [0.25, 0.3) is 0 Å². The van der Waals surface area contributed by atoms with Crippen molar-refractivity contribution in [3.63, 3.8) is 0 Å². The Bertz CT molecular complexity index is 394. The predicted octanol–water partition coefficient (Wildman–Crippen LogP) is 1.88. The number of aryl methyl sites for hydroxylation is 1. The summed E-state index contributed by atoms with van der Waals surface area (Å²) < 4.78 is 22.2. The summed E-state index contributed by atoms with van der Waals surface area (Å²) >= 11 is 0. The average molecular weight is 323 g/mol. The fourth-order valence-corrected chi connectivity index (χ4v) is 2.37. The molecule has 1 heterocycles. The van der Waals surface area contributed by atoms with Crippen molar-refractivity contribution in [2.45, 2.75) is 13.5 Å². The molecule has 1 aromatic rings. The van der Waals surface area contributed by atoms with Gasteiger partial charge in [0.15, 0.2) is 0 Å². The first-order valence-corrected chi connectivity index (χ1v) is 8.43. The minimum Gasteiger partial charge on any atom is -0.378 e. The van der Waals surface area contributed by atoms with E-state index in [1.165, 1.54) is 11.1 Å². The third-order valence-electron chi connectivity index (χ3n) is 3.75. The molecule has 0 unspecified atom stereocenters. The molecule has 2 rings (SSSR count). The fourth-order valence-electron chi connectivity index (χ4n) is 2.37. The molecule has 5 heteroatoms. The van der Waals surface area contributed by atoms with Gasteiger partial charge in [0.1, 0.15) is 0 Å². The van der Waals surface area contributed by atoms with Crippen LogP contribution in [-0.4, -0.2) is 70.8 Å². The Morgan fingerprint density at radius 3 is 1.61 bits per heavy atom.